The minimum Gasteiger partial charge on any atom is -0.330 e. The maximum absolute atomic E-state index is 13.5. The number of hydrogen-bond acceptors (Lipinski definition) is 1. The summed E-state index contributed by atoms with van der Waals surface area (Å²) in [5.74, 6) is -0.0951. The minimum absolute atomic E-state index is 0.0258. The zero-order valence-corrected chi connectivity index (χ0v) is 10.0. The van der Waals surface area contributed by atoms with Crippen LogP contribution in [0.25, 0.3) is 0 Å². The van der Waals surface area contributed by atoms with Gasteiger partial charge < -0.3 is 5.73 Å². The van der Waals surface area contributed by atoms with Crippen LogP contribution >= 0.6 is 0 Å². The highest BCUT2D eigenvalue weighted by Crippen LogP contribution is 2.29. The highest BCUT2D eigenvalue weighted by molar-refractivity contribution is 5.34. The standard InChI is InChI=1S/C13H20FN/c1-9-7-11(8-10(2)12(9)14)13(3,4)5-6-15/h7-8H,5-6,15H2,1-4H3. The highest BCUT2D eigenvalue weighted by atomic mass is 19.1. The van der Waals surface area contributed by atoms with Crippen molar-refractivity contribution in [2.75, 3.05) is 6.54 Å². The smallest absolute Gasteiger partial charge is 0.129 e. The molecule has 1 nitrogen and oxygen atoms in total. The summed E-state index contributed by atoms with van der Waals surface area (Å²) in [6.07, 6.45) is 0.914. The largest absolute Gasteiger partial charge is 0.330 e. The number of rotatable bonds is 3. The van der Waals surface area contributed by atoms with E-state index < -0.39 is 0 Å². The number of halogens is 1. The maximum atomic E-state index is 13.5. The van der Waals surface area contributed by atoms with E-state index in [0.29, 0.717) is 6.54 Å². The molecular formula is C13H20FN. The molecule has 0 spiro atoms. The van der Waals surface area contributed by atoms with Crippen LogP contribution in [0, 0.1) is 19.7 Å². The van der Waals surface area contributed by atoms with Gasteiger partial charge in [-0.05, 0) is 48.9 Å². The van der Waals surface area contributed by atoms with Crippen molar-refractivity contribution in [3.05, 3.63) is 34.6 Å². The Kier molecular flexibility index (Phi) is 3.50. The summed E-state index contributed by atoms with van der Waals surface area (Å²) in [6.45, 7) is 8.56. The van der Waals surface area contributed by atoms with Crippen molar-refractivity contribution in [3.63, 3.8) is 0 Å². The topological polar surface area (TPSA) is 26.0 Å². The van der Waals surface area contributed by atoms with Crippen LogP contribution in [0.2, 0.25) is 0 Å². The second kappa shape index (κ2) is 4.31. The molecule has 0 amide bonds. The van der Waals surface area contributed by atoms with Gasteiger partial charge in [-0.2, -0.15) is 0 Å². The summed E-state index contributed by atoms with van der Waals surface area (Å²) in [6, 6.07) is 3.86. The molecule has 0 aliphatic carbocycles. The second-order valence-electron chi connectivity index (χ2n) is 4.85. The predicted molar refractivity (Wildman–Crippen MR) is 62.6 cm³/mol. The second-order valence-corrected chi connectivity index (χ2v) is 4.85. The van der Waals surface area contributed by atoms with E-state index in [1.807, 2.05) is 26.0 Å². The summed E-state index contributed by atoms with van der Waals surface area (Å²) in [4.78, 5) is 0. The van der Waals surface area contributed by atoms with Crippen LogP contribution in [0.15, 0.2) is 12.1 Å². The Labute approximate surface area is 91.5 Å². The van der Waals surface area contributed by atoms with Gasteiger partial charge in [-0.3, -0.25) is 0 Å². The zero-order valence-electron chi connectivity index (χ0n) is 10.0. The third-order valence-electron chi connectivity index (χ3n) is 2.99. The Balaban J connectivity index is 3.16. The van der Waals surface area contributed by atoms with E-state index in [-0.39, 0.29) is 11.2 Å². The molecule has 0 atom stereocenters. The van der Waals surface area contributed by atoms with Crippen LogP contribution in [0.5, 0.6) is 0 Å². The molecule has 2 heteroatoms. The van der Waals surface area contributed by atoms with E-state index in [1.54, 1.807) is 0 Å². The van der Waals surface area contributed by atoms with Crippen molar-refractivity contribution in [2.24, 2.45) is 5.73 Å². The summed E-state index contributed by atoms with van der Waals surface area (Å²) in [7, 11) is 0. The van der Waals surface area contributed by atoms with E-state index in [4.69, 9.17) is 5.73 Å². The molecule has 0 fully saturated rings. The molecule has 2 N–H and O–H groups in total. The van der Waals surface area contributed by atoms with Gasteiger partial charge >= 0.3 is 0 Å². The summed E-state index contributed by atoms with van der Waals surface area (Å²) in [5.41, 5.74) is 8.22. The van der Waals surface area contributed by atoms with Crippen molar-refractivity contribution in [3.8, 4) is 0 Å². The number of hydrogen-bond donors (Lipinski definition) is 1. The molecule has 0 radical (unpaired) electrons. The van der Waals surface area contributed by atoms with Gasteiger partial charge in [0.2, 0.25) is 0 Å². The first-order chi connectivity index (χ1) is 6.88. The minimum atomic E-state index is -0.0951. The van der Waals surface area contributed by atoms with Gasteiger partial charge in [0.1, 0.15) is 5.82 Å². The lowest BCUT2D eigenvalue weighted by atomic mass is 9.80. The Morgan fingerprint density at radius 1 is 1.20 bits per heavy atom. The summed E-state index contributed by atoms with van der Waals surface area (Å²) < 4.78 is 13.5. The van der Waals surface area contributed by atoms with Crippen molar-refractivity contribution >= 4 is 0 Å². The van der Waals surface area contributed by atoms with Crippen molar-refractivity contribution < 1.29 is 4.39 Å². The Morgan fingerprint density at radius 3 is 2.07 bits per heavy atom. The van der Waals surface area contributed by atoms with Crippen LogP contribution in [0.4, 0.5) is 4.39 Å². The van der Waals surface area contributed by atoms with Crippen molar-refractivity contribution in [2.45, 2.75) is 39.5 Å². The average molecular weight is 209 g/mol. The normalized spacial score (nSPS) is 11.9. The van der Waals surface area contributed by atoms with E-state index in [1.165, 1.54) is 5.56 Å². The monoisotopic (exact) mass is 209 g/mol. The third kappa shape index (κ3) is 2.57. The molecular weight excluding hydrogens is 189 g/mol. The molecule has 1 aromatic carbocycles. The summed E-state index contributed by atoms with van der Waals surface area (Å²) >= 11 is 0. The van der Waals surface area contributed by atoms with Crippen LogP contribution in [-0.4, -0.2) is 6.54 Å². The summed E-state index contributed by atoms with van der Waals surface area (Å²) in [5, 5.41) is 0. The first-order valence-corrected chi connectivity index (χ1v) is 5.36. The molecule has 0 bridgehead atoms. The van der Waals surface area contributed by atoms with E-state index >= 15 is 0 Å². The van der Waals surface area contributed by atoms with Gasteiger partial charge in [0.25, 0.3) is 0 Å². The molecule has 0 aliphatic rings. The van der Waals surface area contributed by atoms with Gasteiger partial charge in [0.15, 0.2) is 0 Å². The molecule has 0 saturated carbocycles. The van der Waals surface area contributed by atoms with Crippen molar-refractivity contribution in [1.29, 1.82) is 0 Å². The lowest BCUT2D eigenvalue weighted by molar-refractivity contribution is 0.485. The van der Waals surface area contributed by atoms with E-state index in [2.05, 4.69) is 13.8 Å². The SMILES string of the molecule is Cc1cc(C(C)(C)CCN)cc(C)c1F. The fraction of sp³-hybridized carbons (Fsp3) is 0.538. The van der Waals surface area contributed by atoms with Crippen LogP contribution in [0.3, 0.4) is 0 Å². The van der Waals surface area contributed by atoms with Crippen LogP contribution in [-0.2, 0) is 5.41 Å². The van der Waals surface area contributed by atoms with Gasteiger partial charge in [-0.25, -0.2) is 4.39 Å². The molecule has 1 aromatic rings. The molecule has 84 valence electrons. The molecule has 15 heavy (non-hydrogen) atoms. The first-order valence-electron chi connectivity index (χ1n) is 5.36. The Hall–Kier alpha value is -0.890. The van der Waals surface area contributed by atoms with E-state index in [9.17, 15) is 4.39 Å². The maximum Gasteiger partial charge on any atom is 0.129 e. The molecule has 0 heterocycles. The number of aryl methyl sites for hydroxylation is 2. The lowest BCUT2D eigenvalue weighted by Gasteiger charge is -2.25. The van der Waals surface area contributed by atoms with Gasteiger partial charge in [0, 0.05) is 0 Å². The highest BCUT2D eigenvalue weighted by Gasteiger charge is 2.21. The van der Waals surface area contributed by atoms with Gasteiger partial charge in [-0.15, -0.1) is 0 Å². The zero-order chi connectivity index (χ0) is 11.6. The predicted octanol–water partition coefficient (Wildman–Crippen LogP) is 3.07. The van der Waals surface area contributed by atoms with E-state index in [0.717, 1.165) is 17.5 Å². The number of benzene rings is 1. The molecule has 1 rings (SSSR count). The molecule has 0 saturated heterocycles. The number of nitrogens with two attached hydrogens (primary N) is 1. The first kappa shape index (κ1) is 12.2. The van der Waals surface area contributed by atoms with Gasteiger partial charge in [-0.1, -0.05) is 26.0 Å². The fourth-order valence-corrected chi connectivity index (χ4v) is 1.84. The van der Waals surface area contributed by atoms with Crippen LogP contribution < -0.4 is 5.73 Å². The molecule has 0 aliphatic heterocycles. The third-order valence-corrected chi connectivity index (χ3v) is 2.99. The average Bonchev–Trinajstić information content (AvgIpc) is 2.13. The quantitative estimate of drug-likeness (QED) is 0.813. The molecule has 0 unspecified atom stereocenters. The molecule has 0 aromatic heterocycles. The Morgan fingerprint density at radius 2 is 1.67 bits per heavy atom. The Bertz CT molecular complexity index is 333. The van der Waals surface area contributed by atoms with Crippen LogP contribution in [0.1, 0.15) is 37.0 Å². The van der Waals surface area contributed by atoms with Gasteiger partial charge in [0.05, 0.1) is 0 Å². The lowest BCUT2D eigenvalue weighted by Crippen LogP contribution is -2.22. The van der Waals surface area contributed by atoms with Crippen molar-refractivity contribution in [1.82, 2.24) is 0 Å². The fourth-order valence-electron chi connectivity index (χ4n) is 1.84.